The molecule has 1 amide bonds. The van der Waals surface area contributed by atoms with Gasteiger partial charge in [0.15, 0.2) is 6.10 Å². The molecule has 0 aromatic heterocycles. The average Bonchev–Trinajstić information content (AvgIpc) is 2.50. The van der Waals surface area contributed by atoms with Crippen LogP contribution in [0.2, 0.25) is 15.1 Å². The fourth-order valence-electron chi connectivity index (χ4n) is 1.77. The zero-order valence-electron chi connectivity index (χ0n) is 11.8. The van der Waals surface area contributed by atoms with Crippen LogP contribution >= 0.6 is 34.8 Å². The zero-order valence-corrected chi connectivity index (χ0v) is 14.0. The van der Waals surface area contributed by atoms with Crippen molar-refractivity contribution < 1.29 is 9.53 Å². The smallest absolute Gasteiger partial charge is 0.261 e. The van der Waals surface area contributed by atoms with E-state index in [0.717, 1.165) is 5.56 Å². The minimum Gasteiger partial charge on any atom is -0.479 e. The second-order valence-corrected chi connectivity index (χ2v) is 5.88. The first-order chi connectivity index (χ1) is 10.5. The highest BCUT2D eigenvalue weighted by atomic mass is 35.5. The van der Waals surface area contributed by atoms with E-state index in [1.807, 2.05) is 0 Å². The zero-order chi connectivity index (χ0) is 16.1. The van der Waals surface area contributed by atoms with Gasteiger partial charge in [0, 0.05) is 6.54 Å². The van der Waals surface area contributed by atoms with Gasteiger partial charge in [-0.1, -0.05) is 53.0 Å². The van der Waals surface area contributed by atoms with Crippen molar-refractivity contribution in [2.75, 3.05) is 0 Å². The van der Waals surface area contributed by atoms with Crippen LogP contribution in [-0.4, -0.2) is 12.0 Å². The number of hydrogen-bond donors (Lipinski definition) is 1. The van der Waals surface area contributed by atoms with E-state index in [9.17, 15) is 4.79 Å². The highest BCUT2D eigenvalue weighted by Crippen LogP contribution is 2.24. The standard InChI is InChI=1S/C16H14Cl3NO2/c1-10(22-15-5-3-2-4-13(15)18)16(21)20-9-11-6-7-12(17)14(19)8-11/h2-8,10H,9H2,1H3,(H,20,21)/t10-/m0/s1. The summed E-state index contributed by atoms with van der Waals surface area (Å²) in [5.41, 5.74) is 0.854. The van der Waals surface area contributed by atoms with Gasteiger partial charge in [-0.3, -0.25) is 4.79 Å². The molecule has 0 saturated heterocycles. The maximum absolute atomic E-state index is 12.0. The largest absolute Gasteiger partial charge is 0.479 e. The van der Waals surface area contributed by atoms with Crippen LogP contribution in [0.25, 0.3) is 0 Å². The number of rotatable bonds is 5. The predicted octanol–water partition coefficient (Wildman–Crippen LogP) is 4.73. The number of carbonyl (C=O) groups excluding carboxylic acids is 1. The van der Waals surface area contributed by atoms with Crippen LogP contribution in [0.1, 0.15) is 12.5 Å². The van der Waals surface area contributed by atoms with E-state index in [-0.39, 0.29) is 5.91 Å². The number of carbonyl (C=O) groups is 1. The molecular formula is C16H14Cl3NO2. The summed E-state index contributed by atoms with van der Waals surface area (Å²) in [5, 5.41) is 4.17. The minimum atomic E-state index is -0.664. The van der Waals surface area contributed by atoms with Crippen molar-refractivity contribution in [3.05, 3.63) is 63.1 Å². The number of halogens is 3. The first-order valence-corrected chi connectivity index (χ1v) is 7.73. The minimum absolute atomic E-state index is 0.244. The summed E-state index contributed by atoms with van der Waals surface area (Å²) in [6.07, 6.45) is -0.664. The molecule has 0 unspecified atom stereocenters. The molecular weight excluding hydrogens is 345 g/mol. The lowest BCUT2D eigenvalue weighted by Gasteiger charge is -2.15. The van der Waals surface area contributed by atoms with E-state index >= 15 is 0 Å². The molecule has 6 heteroatoms. The Kier molecular flexibility index (Phi) is 5.95. The van der Waals surface area contributed by atoms with Gasteiger partial charge in [-0.25, -0.2) is 0 Å². The van der Waals surface area contributed by atoms with Gasteiger partial charge in [-0.15, -0.1) is 0 Å². The number of benzene rings is 2. The summed E-state index contributed by atoms with van der Waals surface area (Å²) in [7, 11) is 0. The fraction of sp³-hybridized carbons (Fsp3) is 0.188. The summed E-state index contributed by atoms with van der Waals surface area (Å²) in [4.78, 5) is 12.0. The van der Waals surface area contributed by atoms with Crippen molar-refractivity contribution in [1.82, 2.24) is 5.32 Å². The fourth-order valence-corrected chi connectivity index (χ4v) is 2.27. The molecule has 2 aromatic carbocycles. The SMILES string of the molecule is C[C@H](Oc1ccccc1Cl)C(=O)NCc1ccc(Cl)c(Cl)c1. The van der Waals surface area contributed by atoms with E-state index in [2.05, 4.69) is 5.32 Å². The molecule has 1 N–H and O–H groups in total. The van der Waals surface area contributed by atoms with Crippen LogP contribution in [0.4, 0.5) is 0 Å². The Morgan fingerprint density at radius 2 is 1.82 bits per heavy atom. The van der Waals surface area contributed by atoms with E-state index in [1.165, 1.54) is 0 Å². The van der Waals surface area contributed by atoms with Gasteiger partial charge >= 0.3 is 0 Å². The second kappa shape index (κ2) is 7.73. The van der Waals surface area contributed by atoms with Crippen molar-refractivity contribution in [3.63, 3.8) is 0 Å². The molecule has 0 aliphatic carbocycles. The van der Waals surface area contributed by atoms with Gasteiger partial charge in [-0.05, 0) is 36.8 Å². The molecule has 0 spiro atoms. The monoisotopic (exact) mass is 357 g/mol. The summed E-state index contributed by atoms with van der Waals surface area (Å²) in [6, 6.07) is 12.2. The van der Waals surface area contributed by atoms with Crippen LogP contribution in [0, 0.1) is 0 Å². The van der Waals surface area contributed by atoms with Crippen molar-refractivity contribution in [2.45, 2.75) is 19.6 Å². The molecule has 0 bridgehead atoms. The van der Waals surface area contributed by atoms with E-state index in [0.29, 0.717) is 27.4 Å². The molecule has 0 radical (unpaired) electrons. The van der Waals surface area contributed by atoms with E-state index in [1.54, 1.807) is 49.4 Å². The maximum Gasteiger partial charge on any atom is 0.261 e. The number of ether oxygens (including phenoxy) is 1. The number of para-hydroxylation sites is 1. The third-order valence-corrected chi connectivity index (χ3v) is 4.01. The Bertz CT molecular complexity index is 676. The van der Waals surface area contributed by atoms with Gasteiger partial charge in [0.2, 0.25) is 0 Å². The molecule has 22 heavy (non-hydrogen) atoms. The van der Waals surface area contributed by atoms with Crippen molar-refractivity contribution in [1.29, 1.82) is 0 Å². The lowest BCUT2D eigenvalue weighted by atomic mass is 10.2. The van der Waals surface area contributed by atoms with Crippen LogP contribution in [-0.2, 0) is 11.3 Å². The van der Waals surface area contributed by atoms with Crippen molar-refractivity contribution in [3.8, 4) is 5.75 Å². The molecule has 0 fully saturated rings. The lowest BCUT2D eigenvalue weighted by molar-refractivity contribution is -0.127. The second-order valence-electron chi connectivity index (χ2n) is 4.66. The molecule has 2 rings (SSSR count). The summed E-state index contributed by atoms with van der Waals surface area (Å²) in [5.74, 6) is 0.229. The Hall–Kier alpha value is -1.42. The summed E-state index contributed by atoms with van der Waals surface area (Å²) < 4.78 is 5.55. The van der Waals surface area contributed by atoms with Gasteiger partial charge in [-0.2, -0.15) is 0 Å². The molecule has 0 aliphatic rings. The van der Waals surface area contributed by atoms with Gasteiger partial charge in [0.25, 0.3) is 5.91 Å². The average molecular weight is 359 g/mol. The lowest BCUT2D eigenvalue weighted by Crippen LogP contribution is -2.35. The van der Waals surface area contributed by atoms with Gasteiger partial charge in [0.1, 0.15) is 5.75 Å². The van der Waals surface area contributed by atoms with Crippen LogP contribution in [0.3, 0.4) is 0 Å². The summed E-state index contributed by atoms with van der Waals surface area (Å²) >= 11 is 17.8. The third kappa shape index (κ3) is 4.54. The first kappa shape index (κ1) is 16.9. The third-order valence-electron chi connectivity index (χ3n) is 2.96. The highest BCUT2D eigenvalue weighted by Gasteiger charge is 2.15. The molecule has 2 aromatic rings. The highest BCUT2D eigenvalue weighted by molar-refractivity contribution is 6.42. The maximum atomic E-state index is 12.0. The predicted molar refractivity (Wildman–Crippen MR) is 89.9 cm³/mol. The number of hydrogen-bond acceptors (Lipinski definition) is 2. The normalized spacial score (nSPS) is 11.8. The molecule has 1 atom stereocenters. The number of amides is 1. The van der Waals surface area contributed by atoms with Crippen molar-refractivity contribution >= 4 is 40.7 Å². The molecule has 0 saturated carbocycles. The number of nitrogens with one attached hydrogen (secondary N) is 1. The molecule has 0 aliphatic heterocycles. The Morgan fingerprint density at radius 1 is 1.09 bits per heavy atom. The summed E-state index contributed by atoms with van der Waals surface area (Å²) in [6.45, 7) is 2.00. The van der Waals surface area contributed by atoms with Crippen molar-refractivity contribution in [2.24, 2.45) is 0 Å². The Balaban J connectivity index is 1.91. The van der Waals surface area contributed by atoms with Crippen LogP contribution in [0.5, 0.6) is 5.75 Å². The first-order valence-electron chi connectivity index (χ1n) is 6.60. The molecule has 0 heterocycles. The Labute approximate surface area is 144 Å². The molecule has 116 valence electrons. The molecule has 3 nitrogen and oxygen atoms in total. The van der Waals surface area contributed by atoms with Gasteiger partial charge in [0.05, 0.1) is 15.1 Å². The van der Waals surface area contributed by atoms with Crippen LogP contribution in [0.15, 0.2) is 42.5 Å². The Morgan fingerprint density at radius 3 is 2.50 bits per heavy atom. The van der Waals surface area contributed by atoms with Gasteiger partial charge < -0.3 is 10.1 Å². The van der Waals surface area contributed by atoms with E-state index in [4.69, 9.17) is 39.5 Å². The van der Waals surface area contributed by atoms with E-state index < -0.39 is 6.10 Å². The quantitative estimate of drug-likeness (QED) is 0.839. The van der Waals surface area contributed by atoms with Crippen LogP contribution < -0.4 is 10.1 Å². The topological polar surface area (TPSA) is 38.3 Å².